The summed E-state index contributed by atoms with van der Waals surface area (Å²) >= 11 is 6.09. The van der Waals surface area contributed by atoms with E-state index in [9.17, 15) is 14.7 Å². The van der Waals surface area contributed by atoms with Gasteiger partial charge in [0.1, 0.15) is 10.4 Å². The smallest absolute Gasteiger partial charge is 0.263 e. The number of ether oxygens (including phenoxy) is 2. The van der Waals surface area contributed by atoms with Crippen LogP contribution in [-0.2, 0) is 9.59 Å². The van der Waals surface area contributed by atoms with Crippen molar-refractivity contribution in [3.63, 3.8) is 0 Å². The van der Waals surface area contributed by atoms with Crippen molar-refractivity contribution in [2.45, 2.75) is 13.0 Å². The van der Waals surface area contributed by atoms with Gasteiger partial charge in [-0.1, -0.05) is 30.0 Å². The summed E-state index contributed by atoms with van der Waals surface area (Å²) in [6.07, 6.45) is 0.556. The number of carboxylic acid groups (broad SMARTS) is 1. The first kappa shape index (κ1) is 16.3. The van der Waals surface area contributed by atoms with Gasteiger partial charge in [0, 0.05) is 0 Å². The van der Waals surface area contributed by atoms with Crippen LogP contribution in [0.4, 0.5) is 0 Å². The van der Waals surface area contributed by atoms with Crippen molar-refractivity contribution in [1.82, 2.24) is 5.32 Å². The van der Waals surface area contributed by atoms with Crippen LogP contribution in [0.5, 0.6) is 11.5 Å². The van der Waals surface area contributed by atoms with E-state index < -0.39 is 12.1 Å². The van der Waals surface area contributed by atoms with Gasteiger partial charge in [-0.05, 0) is 30.7 Å². The Morgan fingerprint density at radius 2 is 2.18 bits per heavy atom. The van der Waals surface area contributed by atoms with Gasteiger partial charge in [0.15, 0.2) is 11.5 Å². The van der Waals surface area contributed by atoms with Gasteiger partial charge in [0.25, 0.3) is 5.91 Å². The molecular weight excluding hydrogens is 326 g/mol. The Balaban J connectivity index is 2.26. The minimum absolute atomic E-state index is 0.250. The molecule has 22 heavy (non-hydrogen) atoms. The Kier molecular flexibility index (Phi) is 5.04. The SMILES string of the molecule is COc1cc(/C=C2/SC(=S)NC2=O)ccc1O[C@H](C)C(=O)[O-]. The number of thiocarbonyl (C=S) groups is 1. The summed E-state index contributed by atoms with van der Waals surface area (Å²) in [6.45, 7) is 1.37. The molecule has 1 N–H and O–H groups in total. The molecule has 1 aromatic rings. The number of carbonyl (C=O) groups excluding carboxylic acids is 2. The zero-order chi connectivity index (χ0) is 16.3. The minimum Gasteiger partial charge on any atom is -0.546 e. The largest absolute Gasteiger partial charge is 0.546 e. The monoisotopic (exact) mass is 338 g/mol. The number of hydrogen-bond donors (Lipinski definition) is 1. The molecule has 0 radical (unpaired) electrons. The number of carbonyl (C=O) groups is 2. The maximum Gasteiger partial charge on any atom is 0.263 e. The summed E-state index contributed by atoms with van der Waals surface area (Å²) in [5, 5.41) is 13.2. The highest BCUT2D eigenvalue weighted by Crippen LogP contribution is 2.32. The predicted octanol–water partition coefficient (Wildman–Crippen LogP) is 0.701. The molecule has 0 bridgehead atoms. The van der Waals surface area contributed by atoms with Gasteiger partial charge in [0.2, 0.25) is 0 Å². The van der Waals surface area contributed by atoms with Crippen LogP contribution in [0, 0.1) is 0 Å². The van der Waals surface area contributed by atoms with Crippen LogP contribution in [0.2, 0.25) is 0 Å². The van der Waals surface area contributed by atoms with Crippen molar-refractivity contribution in [1.29, 1.82) is 0 Å². The lowest BCUT2D eigenvalue weighted by Gasteiger charge is -2.17. The van der Waals surface area contributed by atoms with Gasteiger partial charge >= 0.3 is 0 Å². The van der Waals surface area contributed by atoms with E-state index in [1.807, 2.05) is 0 Å². The summed E-state index contributed by atoms with van der Waals surface area (Å²) in [5.74, 6) is -0.936. The van der Waals surface area contributed by atoms with E-state index in [1.54, 1.807) is 24.3 Å². The normalized spacial score (nSPS) is 17.3. The van der Waals surface area contributed by atoms with Crippen LogP contribution in [0.15, 0.2) is 23.1 Å². The highest BCUT2D eigenvalue weighted by molar-refractivity contribution is 8.26. The van der Waals surface area contributed by atoms with Crippen LogP contribution in [-0.4, -0.2) is 29.4 Å². The van der Waals surface area contributed by atoms with Crippen molar-refractivity contribution in [3.8, 4) is 11.5 Å². The molecule has 1 amide bonds. The molecule has 1 aromatic carbocycles. The molecule has 0 unspecified atom stereocenters. The van der Waals surface area contributed by atoms with E-state index in [0.29, 0.717) is 20.5 Å². The number of aliphatic carboxylic acids is 1. The van der Waals surface area contributed by atoms with Gasteiger partial charge in [-0.3, -0.25) is 4.79 Å². The van der Waals surface area contributed by atoms with Crippen LogP contribution >= 0.6 is 24.0 Å². The van der Waals surface area contributed by atoms with Crippen molar-refractivity contribution in [3.05, 3.63) is 28.7 Å². The third-order valence-electron chi connectivity index (χ3n) is 2.76. The standard InChI is InChI=1S/C14H13NO5S2/c1-7(13(17)18)20-9-4-3-8(5-10(9)19-2)6-11-12(16)15-14(21)22-11/h3-7H,1-2H3,(H,17,18)(H,15,16,21)/p-1/b11-6+/t7-/m1/s1. The first-order chi connectivity index (χ1) is 10.4. The Hall–Kier alpha value is -2.06. The zero-order valence-corrected chi connectivity index (χ0v) is 13.4. The Morgan fingerprint density at radius 3 is 2.73 bits per heavy atom. The van der Waals surface area contributed by atoms with Crippen molar-refractivity contribution >= 4 is 46.3 Å². The second-order valence-corrected chi connectivity index (χ2v) is 6.06. The van der Waals surface area contributed by atoms with E-state index in [1.165, 1.54) is 25.8 Å². The van der Waals surface area contributed by atoms with E-state index in [4.69, 9.17) is 21.7 Å². The first-order valence-electron chi connectivity index (χ1n) is 6.21. The fourth-order valence-corrected chi connectivity index (χ4v) is 2.73. The quantitative estimate of drug-likeness (QED) is 0.624. The Labute approximate surface area is 136 Å². The lowest BCUT2D eigenvalue weighted by Crippen LogP contribution is -2.37. The van der Waals surface area contributed by atoms with Crippen LogP contribution < -0.4 is 19.9 Å². The topological polar surface area (TPSA) is 87.7 Å². The van der Waals surface area contributed by atoms with Crippen LogP contribution in [0.1, 0.15) is 12.5 Å². The molecule has 1 saturated heterocycles. The number of methoxy groups -OCH3 is 1. The number of benzene rings is 1. The number of nitrogens with one attached hydrogen (secondary N) is 1. The van der Waals surface area contributed by atoms with Gasteiger partial charge in [-0.25, -0.2) is 0 Å². The fourth-order valence-electron chi connectivity index (χ4n) is 1.68. The highest BCUT2D eigenvalue weighted by Gasteiger charge is 2.22. The molecule has 0 spiro atoms. The van der Waals surface area contributed by atoms with Crippen molar-refractivity contribution in [2.75, 3.05) is 7.11 Å². The number of amides is 1. The highest BCUT2D eigenvalue weighted by atomic mass is 32.2. The summed E-state index contributed by atoms with van der Waals surface area (Å²) in [5.41, 5.74) is 0.702. The predicted molar refractivity (Wildman–Crippen MR) is 84.4 cm³/mol. The lowest BCUT2D eigenvalue weighted by atomic mass is 10.2. The fraction of sp³-hybridized carbons (Fsp3) is 0.214. The van der Waals surface area contributed by atoms with E-state index in [2.05, 4.69) is 5.32 Å². The molecule has 0 aliphatic carbocycles. The molecule has 0 saturated carbocycles. The molecule has 2 rings (SSSR count). The molecular formula is C14H12NO5S2-. The first-order valence-corrected chi connectivity index (χ1v) is 7.43. The maximum absolute atomic E-state index is 11.6. The van der Waals surface area contributed by atoms with Gasteiger partial charge in [-0.15, -0.1) is 0 Å². The Morgan fingerprint density at radius 1 is 1.45 bits per heavy atom. The van der Waals surface area contributed by atoms with Gasteiger partial charge in [0.05, 0.1) is 18.0 Å². The van der Waals surface area contributed by atoms with E-state index >= 15 is 0 Å². The number of carboxylic acids is 1. The molecule has 116 valence electrons. The second-order valence-electron chi connectivity index (χ2n) is 4.34. The van der Waals surface area contributed by atoms with Gasteiger partial charge < -0.3 is 24.7 Å². The average Bonchev–Trinajstić information content (AvgIpc) is 2.78. The Bertz CT molecular complexity index is 671. The number of rotatable bonds is 5. The molecule has 1 heterocycles. The summed E-state index contributed by atoms with van der Waals surface area (Å²) < 4.78 is 10.8. The maximum atomic E-state index is 11.6. The lowest BCUT2D eigenvalue weighted by molar-refractivity contribution is -0.312. The number of thioether (sulfide) groups is 1. The zero-order valence-electron chi connectivity index (χ0n) is 11.7. The molecule has 1 aliphatic rings. The van der Waals surface area contributed by atoms with Crippen molar-refractivity contribution in [2.24, 2.45) is 0 Å². The molecule has 1 aliphatic heterocycles. The molecule has 1 fully saturated rings. The van der Waals surface area contributed by atoms with E-state index in [-0.39, 0.29) is 11.7 Å². The molecule has 0 aromatic heterocycles. The average molecular weight is 338 g/mol. The van der Waals surface area contributed by atoms with Crippen LogP contribution in [0.3, 0.4) is 0 Å². The van der Waals surface area contributed by atoms with Gasteiger partial charge in [-0.2, -0.15) is 0 Å². The summed E-state index contributed by atoms with van der Waals surface area (Å²) in [6, 6.07) is 4.89. The van der Waals surface area contributed by atoms with Crippen molar-refractivity contribution < 1.29 is 24.2 Å². The number of hydrogen-bond acceptors (Lipinski definition) is 7. The molecule has 6 nitrogen and oxygen atoms in total. The second kappa shape index (κ2) is 6.80. The third-order valence-corrected chi connectivity index (χ3v) is 3.93. The summed E-state index contributed by atoms with van der Waals surface area (Å²) in [4.78, 5) is 22.8. The summed E-state index contributed by atoms with van der Waals surface area (Å²) in [7, 11) is 1.44. The minimum atomic E-state index is -1.32. The molecule has 8 heteroatoms. The van der Waals surface area contributed by atoms with Crippen LogP contribution in [0.25, 0.3) is 6.08 Å². The third kappa shape index (κ3) is 3.77. The molecule has 1 atom stereocenters. The van der Waals surface area contributed by atoms with E-state index in [0.717, 1.165) is 0 Å².